The van der Waals surface area contributed by atoms with Crippen molar-refractivity contribution in [3.05, 3.63) is 34.6 Å². The Morgan fingerprint density at radius 1 is 1.33 bits per heavy atom. The van der Waals surface area contributed by atoms with Crippen molar-refractivity contribution < 1.29 is 9.59 Å². The number of nitrogens with one attached hydrogen (secondary N) is 1. The van der Waals surface area contributed by atoms with Crippen LogP contribution in [0.1, 0.15) is 13.3 Å². The van der Waals surface area contributed by atoms with Gasteiger partial charge in [-0.1, -0.05) is 11.8 Å². The van der Waals surface area contributed by atoms with Crippen molar-refractivity contribution in [2.24, 2.45) is 0 Å². The molecule has 1 N–H and O–H groups in total. The summed E-state index contributed by atoms with van der Waals surface area (Å²) >= 11 is 1.18. The van der Waals surface area contributed by atoms with Crippen LogP contribution in [-0.2, 0) is 9.59 Å². The highest BCUT2D eigenvalue weighted by atomic mass is 32.2. The van der Waals surface area contributed by atoms with Crippen LogP contribution in [0.2, 0.25) is 0 Å². The second-order valence-corrected chi connectivity index (χ2v) is 6.35. The minimum Gasteiger partial charge on any atom is -0.307 e. The number of hydrogen-bond acceptors (Lipinski definition) is 5. The Kier molecular flexibility index (Phi) is 3.50. The number of carbonyl (C=O) groups excluding carboxylic acids is 2. The van der Waals surface area contributed by atoms with E-state index in [-0.39, 0.29) is 21.8 Å². The molecule has 0 radical (unpaired) electrons. The molecule has 0 saturated carbocycles. The van der Waals surface area contributed by atoms with Crippen LogP contribution in [0.4, 0.5) is 5.82 Å². The maximum absolute atomic E-state index is 12.1. The van der Waals surface area contributed by atoms with Crippen molar-refractivity contribution in [1.82, 2.24) is 9.97 Å². The maximum Gasteiger partial charge on any atom is 0.249 e. The highest BCUT2D eigenvalue weighted by molar-refractivity contribution is 8.14. The van der Waals surface area contributed by atoms with Crippen LogP contribution < -0.4 is 10.5 Å². The third-order valence-corrected chi connectivity index (χ3v) is 4.25. The van der Waals surface area contributed by atoms with Gasteiger partial charge >= 0.3 is 0 Å². The van der Waals surface area contributed by atoms with Crippen LogP contribution in [0.5, 0.6) is 0 Å². The van der Waals surface area contributed by atoms with Crippen LogP contribution in [-0.4, -0.2) is 32.8 Å². The van der Waals surface area contributed by atoms with Crippen molar-refractivity contribution >= 4 is 39.6 Å². The van der Waals surface area contributed by atoms with Crippen LogP contribution in [0.25, 0.3) is 11.0 Å². The number of pyridine rings is 2. The molecule has 1 amide bonds. The molecule has 6 nitrogen and oxygen atoms in total. The van der Waals surface area contributed by atoms with Gasteiger partial charge in [-0.05, 0) is 18.2 Å². The second kappa shape index (κ2) is 5.33. The first kappa shape index (κ1) is 13.8. The molecule has 1 fully saturated rings. The lowest BCUT2D eigenvalue weighted by Crippen LogP contribution is -2.26. The molecule has 0 bridgehead atoms. The van der Waals surface area contributed by atoms with E-state index in [0.29, 0.717) is 24.4 Å². The third kappa shape index (κ3) is 2.82. The van der Waals surface area contributed by atoms with Crippen molar-refractivity contribution in [1.29, 1.82) is 0 Å². The summed E-state index contributed by atoms with van der Waals surface area (Å²) in [5, 5.41) is 0.771. The minimum absolute atomic E-state index is 0.00505. The number of amides is 1. The molecule has 2 aromatic rings. The van der Waals surface area contributed by atoms with Gasteiger partial charge in [-0.15, -0.1) is 0 Å². The minimum atomic E-state index is -0.232. The Balaban J connectivity index is 1.91. The second-order valence-electron chi connectivity index (χ2n) is 4.87. The van der Waals surface area contributed by atoms with Gasteiger partial charge in [-0.3, -0.25) is 19.3 Å². The first-order valence-electron chi connectivity index (χ1n) is 6.50. The topological polar surface area (TPSA) is 83.1 Å². The molecule has 1 saturated heterocycles. The predicted molar refractivity (Wildman–Crippen MR) is 81.4 cm³/mol. The summed E-state index contributed by atoms with van der Waals surface area (Å²) in [6.45, 7) is 1.95. The fourth-order valence-corrected chi connectivity index (χ4v) is 3.30. The van der Waals surface area contributed by atoms with Gasteiger partial charge in [0.05, 0.1) is 0 Å². The lowest BCUT2D eigenvalue weighted by Gasteiger charge is -2.15. The number of fused-ring (bicyclic) bond motifs is 1. The summed E-state index contributed by atoms with van der Waals surface area (Å²) < 4.78 is 0. The van der Waals surface area contributed by atoms with Gasteiger partial charge in [0.1, 0.15) is 11.5 Å². The maximum atomic E-state index is 12.1. The number of aromatic nitrogens is 2. The van der Waals surface area contributed by atoms with Crippen LogP contribution in [0.15, 0.2) is 29.1 Å². The number of anilines is 1. The zero-order valence-corrected chi connectivity index (χ0v) is 12.1. The van der Waals surface area contributed by atoms with Crippen molar-refractivity contribution in [2.45, 2.75) is 18.6 Å². The summed E-state index contributed by atoms with van der Waals surface area (Å²) in [5.74, 6) is 0.444. The summed E-state index contributed by atoms with van der Waals surface area (Å²) in [4.78, 5) is 43.1. The van der Waals surface area contributed by atoms with Crippen LogP contribution in [0.3, 0.4) is 0 Å². The van der Waals surface area contributed by atoms with E-state index < -0.39 is 0 Å². The lowest BCUT2D eigenvalue weighted by atomic mass is 10.3. The van der Waals surface area contributed by atoms with Crippen molar-refractivity contribution in [3.8, 4) is 0 Å². The number of carbonyl (C=O) groups is 2. The highest BCUT2D eigenvalue weighted by Gasteiger charge is 2.32. The standard InChI is InChI=1S/C14H13N3O3S/c1-8(18)21-10-6-13(20)17(7-10)11-4-2-9-3-5-12(19)16-14(9)15-11/h2-5,10H,6-7H2,1H3,(H,15,16,19). The first-order valence-corrected chi connectivity index (χ1v) is 7.38. The molecular weight excluding hydrogens is 290 g/mol. The molecule has 3 rings (SSSR count). The Bertz CT molecular complexity index is 786. The summed E-state index contributed by atoms with van der Waals surface area (Å²) in [6, 6.07) is 6.68. The first-order chi connectivity index (χ1) is 10.0. The number of aromatic amines is 1. The lowest BCUT2D eigenvalue weighted by molar-refractivity contribution is -0.117. The SMILES string of the molecule is CC(=O)SC1CC(=O)N(c2ccc3ccc(=O)[nH]c3n2)C1. The molecule has 0 spiro atoms. The van der Waals surface area contributed by atoms with Crippen molar-refractivity contribution in [2.75, 3.05) is 11.4 Å². The molecule has 2 aromatic heterocycles. The summed E-state index contributed by atoms with van der Waals surface area (Å²) in [7, 11) is 0. The molecule has 7 heteroatoms. The zero-order chi connectivity index (χ0) is 15.0. The van der Waals surface area contributed by atoms with E-state index in [9.17, 15) is 14.4 Å². The zero-order valence-electron chi connectivity index (χ0n) is 11.3. The fraction of sp³-hybridized carbons (Fsp3) is 0.286. The molecule has 108 valence electrons. The average molecular weight is 303 g/mol. The Morgan fingerprint density at radius 2 is 2.10 bits per heavy atom. The molecule has 1 aliphatic rings. The molecule has 1 aliphatic heterocycles. The van der Waals surface area contributed by atoms with E-state index in [4.69, 9.17) is 0 Å². The summed E-state index contributed by atoms with van der Waals surface area (Å²) in [6.07, 6.45) is 0.329. The Labute approximate surface area is 124 Å². The number of nitrogens with zero attached hydrogens (tertiary/aromatic N) is 2. The number of rotatable bonds is 2. The van der Waals surface area contributed by atoms with Crippen molar-refractivity contribution in [3.63, 3.8) is 0 Å². The largest absolute Gasteiger partial charge is 0.307 e. The predicted octanol–water partition coefficient (Wildman–Crippen LogP) is 1.31. The normalized spacial score (nSPS) is 18.4. The Morgan fingerprint density at radius 3 is 2.86 bits per heavy atom. The van der Waals surface area contributed by atoms with Gasteiger partial charge in [0, 0.05) is 36.6 Å². The average Bonchev–Trinajstić information content (AvgIpc) is 2.77. The molecule has 1 atom stereocenters. The molecule has 21 heavy (non-hydrogen) atoms. The molecule has 0 aliphatic carbocycles. The van der Waals surface area contributed by atoms with E-state index in [0.717, 1.165) is 5.39 Å². The van der Waals surface area contributed by atoms with Gasteiger partial charge < -0.3 is 4.98 Å². The summed E-state index contributed by atoms with van der Waals surface area (Å²) in [5.41, 5.74) is 0.223. The van der Waals surface area contributed by atoms with E-state index in [1.165, 1.54) is 24.8 Å². The van der Waals surface area contributed by atoms with Crippen LogP contribution in [0, 0.1) is 0 Å². The van der Waals surface area contributed by atoms with Gasteiger partial charge in [-0.25, -0.2) is 4.98 Å². The molecular formula is C14H13N3O3S. The highest BCUT2D eigenvalue weighted by Crippen LogP contribution is 2.28. The fourth-order valence-electron chi connectivity index (χ4n) is 2.38. The number of H-pyrrole nitrogens is 1. The quantitative estimate of drug-likeness (QED) is 0.904. The smallest absolute Gasteiger partial charge is 0.249 e. The van der Waals surface area contributed by atoms with Gasteiger partial charge in [0.2, 0.25) is 11.5 Å². The van der Waals surface area contributed by atoms with E-state index in [1.807, 2.05) is 6.07 Å². The van der Waals surface area contributed by atoms with E-state index in [1.54, 1.807) is 17.0 Å². The van der Waals surface area contributed by atoms with Gasteiger partial charge in [0.15, 0.2) is 5.12 Å². The molecule has 3 heterocycles. The van der Waals surface area contributed by atoms with Crippen LogP contribution >= 0.6 is 11.8 Å². The third-order valence-electron chi connectivity index (χ3n) is 3.27. The number of thioether (sulfide) groups is 1. The molecule has 1 unspecified atom stereocenters. The van der Waals surface area contributed by atoms with Gasteiger partial charge in [-0.2, -0.15) is 0 Å². The number of hydrogen-bond donors (Lipinski definition) is 1. The monoisotopic (exact) mass is 303 g/mol. The van der Waals surface area contributed by atoms with E-state index in [2.05, 4.69) is 9.97 Å². The Hall–Kier alpha value is -2.15. The molecule has 0 aromatic carbocycles. The van der Waals surface area contributed by atoms with Gasteiger partial charge in [0.25, 0.3) is 0 Å². The van der Waals surface area contributed by atoms with E-state index >= 15 is 0 Å².